The van der Waals surface area contributed by atoms with Crippen LogP contribution in [-0.2, 0) is 0 Å². The van der Waals surface area contributed by atoms with Crippen LogP contribution in [0.25, 0.3) is 0 Å². The van der Waals surface area contributed by atoms with Crippen molar-refractivity contribution in [1.82, 2.24) is 4.98 Å². The van der Waals surface area contributed by atoms with Crippen molar-refractivity contribution in [2.24, 2.45) is 0 Å². The largest absolute Gasteiger partial charge is 0.262 e. The van der Waals surface area contributed by atoms with E-state index < -0.39 is 12.0 Å². The van der Waals surface area contributed by atoms with Gasteiger partial charge in [-0.2, -0.15) is 0 Å². The molecule has 0 fully saturated rings. The van der Waals surface area contributed by atoms with Gasteiger partial charge in [0.05, 0.1) is 6.20 Å². The van der Waals surface area contributed by atoms with Gasteiger partial charge in [-0.3, -0.25) is 4.98 Å². The Balaban J connectivity index is 3.03. The molecule has 0 aliphatic heterocycles. The van der Waals surface area contributed by atoms with Crippen LogP contribution in [0.2, 0.25) is 0 Å². The van der Waals surface area contributed by atoms with Gasteiger partial charge in [0.2, 0.25) is 0 Å². The lowest BCUT2D eigenvalue weighted by atomic mass is 10.2. The van der Waals surface area contributed by atoms with Crippen molar-refractivity contribution >= 4 is 0 Å². The number of rotatable bonds is 1. The van der Waals surface area contributed by atoms with E-state index in [1.807, 2.05) is 0 Å². The van der Waals surface area contributed by atoms with E-state index in [2.05, 4.69) is 4.98 Å². The van der Waals surface area contributed by atoms with Crippen LogP contribution in [0.3, 0.4) is 0 Å². The van der Waals surface area contributed by atoms with E-state index in [0.717, 1.165) is 6.20 Å². The van der Waals surface area contributed by atoms with Gasteiger partial charge >= 0.3 is 0 Å². The van der Waals surface area contributed by atoms with Crippen molar-refractivity contribution in [3.05, 3.63) is 29.8 Å². The summed E-state index contributed by atoms with van der Waals surface area (Å²) in [5.74, 6) is -0.586. The Kier molecular flexibility index (Phi) is 1.94. The lowest BCUT2D eigenvalue weighted by molar-refractivity contribution is 0.360. The molecule has 0 saturated carbocycles. The molecule has 1 nitrogen and oxygen atoms in total. The van der Waals surface area contributed by atoms with Crippen molar-refractivity contribution in [3.8, 4) is 0 Å². The molecule has 54 valence electrons. The second-order valence-corrected chi connectivity index (χ2v) is 2.01. The first-order valence-electron chi connectivity index (χ1n) is 2.95. The lowest BCUT2D eigenvalue weighted by Crippen LogP contribution is -1.91. The van der Waals surface area contributed by atoms with Crippen molar-refractivity contribution in [2.45, 2.75) is 13.1 Å². The molecule has 0 amide bonds. The fraction of sp³-hybridized carbons (Fsp3) is 0.286. The maximum absolute atomic E-state index is 12.5. The van der Waals surface area contributed by atoms with Gasteiger partial charge in [-0.05, 0) is 13.0 Å². The average Bonchev–Trinajstić information content (AvgIpc) is 1.88. The third kappa shape index (κ3) is 1.29. The summed E-state index contributed by atoms with van der Waals surface area (Å²) in [6.45, 7) is 1.29. The minimum absolute atomic E-state index is 0.0648. The molecule has 1 heterocycles. The molecular formula is C7H7F2N. The Labute approximate surface area is 57.7 Å². The van der Waals surface area contributed by atoms with Crippen molar-refractivity contribution in [3.63, 3.8) is 0 Å². The summed E-state index contributed by atoms with van der Waals surface area (Å²) in [4.78, 5) is 3.49. The number of alkyl halides is 1. The number of pyridine rings is 1. The zero-order valence-corrected chi connectivity index (χ0v) is 5.51. The third-order valence-corrected chi connectivity index (χ3v) is 1.23. The Bertz CT molecular complexity index is 223. The molecule has 1 rings (SSSR count). The molecule has 0 aliphatic carbocycles. The maximum Gasteiger partial charge on any atom is 0.147 e. The standard InChI is InChI=1S/C7H7F2N/c1-5(8)6-2-3-10-4-7(6)9/h2-5H,1H3. The van der Waals surface area contributed by atoms with Crippen LogP contribution in [0.4, 0.5) is 8.78 Å². The summed E-state index contributed by atoms with van der Waals surface area (Å²) in [5.41, 5.74) is 0.0648. The number of halogens is 2. The van der Waals surface area contributed by atoms with Gasteiger partial charge in [-0.15, -0.1) is 0 Å². The summed E-state index contributed by atoms with van der Waals surface area (Å²) in [6, 6.07) is 1.33. The zero-order valence-electron chi connectivity index (χ0n) is 5.51. The van der Waals surface area contributed by atoms with Gasteiger partial charge in [0.1, 0.15) is 12.0 Å². The molecule has 0 radical (unpaired) electrons. The monoisotopic (exact) mass is 143 g/mol. The van der Waals surface area contributed by atoms with E-state index in [0.29, 0.717) is 0 Å². The summed E-state index contributed by atoms with van der Waals surface area (Å²) < 4.78 is 25.0. The summed E-state index contributed by atoms with van der Waals surface area (Å²) in [5, 5.41) is 0. The lowest BCUT2D eigenvalue weighted by Gasteiger charge is -2.00. The molecule has 0 N–H and O–H groups in total. The second-order valence-electron chi connectivity index (χ2n) is 2.01. The summed E-state index contributed by atoms with van der Waals surface area (Å²) in [7, 11) is 0. The molecule has 0 spiro atoms. The fourth-order valence-electron chi connectivity index (χ4n) is 0.709. The molecule has 0 saturated heterocycles. The number of nitrogens with zero attached hydrogens (tertiary/aromatic N) is 1. The molecular weight excluding hydrogens is 136 g/mol. The van der Waals surface area contributed by atoms with Crippen LogP contribution in [0, 0.1) is 5.82 Å². The van der Waals surface area contributed by atoms with Crippen LogP contribution in [0.1, 0.15) is 18.7 Å². The fourth-order valence-corrected chi connectivity index (χ4v) is 0.709. The predicted octanol–water partition coefficient (Wildman–Crippen LogP) is 2.25. The highest BCUT2D eigenvalue weighted by Crippen LogP contribution is 2.17. The first kappa shape index (κ1) is 7.12. The van der Waals surface area contributed by atoms with Crippen LogP contribution in [0.15, 0.2) is 18.5 Å². The minimum Gasteiger partial charge on any atom is -0.262 e. The molecule has 10 heavy (non-hydrogen) atoms. The van der Waals surface area contributed by atoms with E-state index >= 15 is 0 Å². The Morgan fingerprint density at radius 2 is 2.30 bits per heavy atom. The molecule has 1 unspecified atom stereocenters. The van der Waals surface area contributed by atoms with Gasteiger partial charge in [-0.1, -0.05) is 0 Å². The van der Waals surface area contributed by atoms with Crippen LogP contribution >= 0.6 is 0 Å². The van der Waals surface area contributed by atoms with Gasteiger partial charge in [0, 0.05) is 11.8 Å². The molecule has 0 bridgehead atoms. The van der Waals surface area contributed by atoms with E-state index in [4.69, 9.17) is 0 Å². The van der Waals surface area contributed by atoms with Crippen LogP contribution in [-0.4, -0.2) is 4.98 Å². The Morgan fingerprint density at radius 3 is 2.70 bits per heavy atom. The Morgan fingerprint density at radius 1 is 1.60 bits per heavy atom. The van der Waals surface area contributed by atoms with Gasteiger partial charge in [-0.25, -0.2) is 8.78 Å². The molecule has 3 heteroatoms. The van der Waals surface area contributed by atoms with E-state index in [9.17, 15) is 8.78 Å². The third-order valence-electron chi connectivity index (χ3n) is 1.23. The smallest absolute Gasteiger partial charge is 0.147 e. The van der Waals surface area contributed by atoms with Crippen molar-refractivity contribution in [2.75, 3.05) is 0 Å². The van der Waals surface area contributed by atoms with Crippen LogP contribution in [0.5, 0.6) is 0 Å². The summed E-state index contributed by atoms with van der Waals surface area (Å²) >= 11 is 0. The molecule has 1 atom stereocenters. The molecule has 0 aliphatic rings. The molecule has 0 aromatic carbocycles. The van der Waals surface area contributed by atoms with E-state index in [1.54, 1.807) is 0 Å². The topological polar surface area (TPSA) is 12.9 Å². The van der Waals surface area contributed by atoms with Crippen molar-refractivity contribution < 1.29 is 8.78 Å². The first-order valence-corrected chi connectivity index (χ1v) is 2.95. The normalized spacial score (nSPS) is 13.1. The average molecular weight is 143 g/mol. The van der Waals surface area contributed by atoms with Gasteiger partial charge < -0.3 is 0 Å². The Hall–Kier alpha value is -0.990. The number of hydrogen-bond acceptors (Lipinski definition) is 1. The predicted molar refractivity (Wildman–Crippen MR) is 33.7 cm³/mol. The van der Waals surface area contributed by atoms with Gasteiger partial charge in [0.25, 0.3) is 0 Å². The zero-order chi connectivity index (χ0) is 7.56. The molecule has 1 aromatic heterocycles. The van der Waals surface area contributed by atoms with Gasteiger partial charge in [0.15, 0.2) is 0 Å². The number of aromatic nitrogens is 1. The van der Waals surface area contributed by atoms with Crippen LogP contribution < -0.4 is 0 Å². The maximum atomic E-state index is 12.5. The molecule has 1 aromatic rings. The highest BCUT2D eigenvalue weighted by molar-refractivity contribution is 5.14. The highest BCUT2D eigenvalue weighted by Gasteiger charge is 2.07. The van der Waals surface area contributed by atoms with E-state index in [-0.39, 0.29) is 5.56 Å². The summed E-state index contributed by atoms with van der Waals surface area (Å²) in [6.07, 6.45) is 1.11. The minimum atomic E-state index is -1.26. The number of hydrogen-bond donors (Lipinski definition) is 0. The first-order chi connectivity index (χ1) is 4.72. The second kappa shape index (κ2) is 2.73. The quantitative estimate of drug-likeness (QED) is 0.587. The SMILES string of the molecule is CC(F)c1ccncc1F. The van der Waals surface area contributed by atoms with E-state index in [1.165, 1.54) is 19.2 Å². The van der Waals surface area contributed by atoms with Crippen molar-refractivity contribution in [1.29, 1.82) is 0 Å². The highest BCUT2D eigenvalue weighted by atomic mass is 19.1.